The van der Waals surface area contributed by atoms with Crippen LogP contribution in [0, 0.1) is 5.92 Å². The number of nitrogens with zero attached hydrogens (tertiary/aromatic N) is 1. The first-order valence-electron chi connectivity index (χ1n) is 7.70. The highest BCUT2D eigenvalue weighted by molar-refractivity contribution is 5.54. The molecule has 1 aromatic carbocycles. The maximum absolute atomic E-state index is 10.1. The molecule has 0 unspecified atom stereocenters. The predicted octanol–water partition coefficient (Wildman–Crippen LogP) is 4.15. The molecule has 0 saturated heterocycles. The van der Waals surface area contributed by atoms with Crippen molar-refractivity contribution in [3.05, 3.63) is 29.8 Å². The smallest absolute Gasteiger partial charge is 0.0807 e. The van der Waals surface area contributed by atoms with Gasteiger partial charge in [-0.3, -0.25) is 0 Å². The molecule has 1 atom stereocenters. The molecule has 1 saturated carbocycles. The van der Waals surface area contributed by atoms with Crippen molar-refractivity contribution in [2.24, 2.45) is 5.92 Å². The molecule has 2 nitrogen and oxygen atoms in total. The van der Waals surface area contributed by atoms with E-state index in [4.69, 9.17) is 0 Å². The van der Waals surface area contributed by atoms with E-state index in [1.807, 2.05) is 13.0 Å². The van der Waals surface area contributed by atoms with Gasteiger partial charge in [-0.05, 0) is 31.2 Å². The molecule has 0 radical (unpaired) electrons. The molecule has 0 amide bonds. The standard InChI is InChI=1S/C17H27NO/c1-3-17(19)15-11-7-8-12-16(15)18(2)13-14-9-5-4-6-10-14/h7-8,11-12,14,17,19H,3-6,9-10,13H2,1-2H3/t17-/m0/s1. The third-order valence-electron chi connectivity index (χ3n) is 4.35. The van der Waals surface area contributed by atoms with Crippen molar-refractivity contribution in [3.63, 3.8) is 0 Å². The Hall–Kier alpha value is -1.02. The number of hydrogen-bond acceptors (Lipinski definition) is 2. The van der Waals surface area contributed by atoms with Crippen LogP contribution in [0.5, 0.6) is 0 Å². The first-order chi connectivity index (χ1) is 9.22. The Morgan fingerprint density at radius 1 is 1.21 bits per heavy atom. The maximum atomic E-state index is 10.1. The lowest BCUT2D eigenvalue weighted by Crippen LogP contribution is -2.27. The first kappa shape index (κ1) is 14.4. The fourth-order valence-corrected chi connectivity index (χ4v) is 3.19. The summed E-state index contributed by atoms with van der Waals surface area (Å²) in [5.41, 5.74) is 2.27. The van der Waals surface area contributed by atoms with Gasteiger partial charge in [0.15, 0.2) is 0 Å². The van der Waals surface area contributed by atoms with E-state index < -0.39 is 0 Å². The summed E-state index contributed by atoms with van der Waals surface area (Å²) in [6, 6.07) is 8.28. The minimum absolute atomic E-state index is 0.343. The van der Waals surface area contributed by atoms with E-state index in [9.17, 15) is 5.11 Å². The number of aliphatic hydroxyl groups is 1. The van der Waals surface area contributed by atoms with Crippen molar-refractivity contribution in [2.45, 2.75) is 51.6 Å². The molecule has 1 aliphatic rings. The Balaban J connectivity index is 2.07. The van der Waals surface area contributed by atoms with Crippen molar-refractivity contribution < 1.29 is 5.11 Å². The molecular weight excluding hydrogens is 234 g/mol. The van der Waals surface area contributed by atoms with Crippen LogP contribution in [0.1, 0.15) is 57.1 Å². The Bertz CT molecular complexity index is 385. The fourth-order valence-electron chi connectivity index (χ4n) is 3.19. The van der Waals surface area contributed by atoms with E-state index >= 15 is 0 Å². The zero-order valence-corrected chi connectivity index (χ0v) is 12.3. The molecule has 0 bridgehead atoms. The monoisotopic (exact) mass is 261 g/mol. The summed E-state index contributed by atoms with van der Waals surface area (Å²) in [5.74, 6) is 0.825. The van der Waals surface area contributed by atoms with Gasteiger partial charge in [0, 0.05) is 24.8 Å². The molecule has 0 spiro atoms. The van der Waals surface area contributed by atoms with E-state index in [1.54, 1.807) is 0 Å². The van der Waals surface area contributed by atoms with E-state index in [2.05, 4.69) is 30.1 Å². The third-order valence-corrected chi connectivity index (χ3v) is 4.35. The normalized spacial score (nSPS) is 18.3. The highest BCUT2D eigenvalue weighted by Gasteiger charge is 2.18. The van der Waals surface area contributed by atoms with Gasteiger partial charge in [0.05, 0.1) is 6.10 Å². The van der Waals surface area contributed by atoms with Crippen LogP contribution in [0.25, 0.3) is 0 Å². The molecule has 0 aromatic heterocycles. The van der Waals surface area contributed by atoms with E-state index in [0.717, 1.165) is 24.4 Å². The van der Waals surface area contributed by atoms with Gasteiger partial charge in [-0.2, -0.15) is 0 Å². The Kier molecular flexibility index (Phi) is 5.26. The minimum Gasteiger partial charge on any atom is -0.388 e. The van der Waals surface area contributed by atoms with Crippen LogP contribution >= 0.6 is 0 Å². The van der Waals surface area contributed by atoms with Gasteiger partial charge in [0.1, 0.15) is 0 Å². The number of rotatable bonds is 5. The van der Waals surface area contributed by atoms with Gasteiger partial charge in [-0.1, -0.05) is 44.4 Å². The lowest BCUT2D eigenvalue weighted by Gasteiger charge is -2.30. The molecule has 1 fully saturated rings. The summed E-state index contributed by atoms with van der Waals surface area (Å²) in [5, 5.41) is 10.1. The molecule has 2 heteroatoms. The SMILES string of the molecule is CC[C@H](O)c1ccccc1N(C)CC1CCCCC1. The lowest BCUT2D eigenvalue weighted by molar-refractivity contribution is 0.174. The summed E-state index contributed by atoms with van der Waals surface area (Å²) in [6.07, 6.45) is 7.34. The number of hydrogen-bond donors (Lipinski definition) is 1. The first-order valence-corrected chi connectivity index (χ1v) is 7.70. The molecule has 0 aliphatic heterocycles. The second-order valence-corrected chi connectivity index (χ2v) is 5.87. The van der Waals surface area contributed by atoms with Crippen molar-refractivity contribution in [1.82, 2.24) is 0 Å². The average Bonchev–Trinajstić information content (AvgIpc) is 2.47. The Morgan fingerprint density at radius 3 is 2.58 bits per heavy atom. The molecule has 1 aliphatic carbocycles. The zero-order chi connectivity index (χ0) is 13.7. The Morgan fingerprint density at radius 2 is 1.89 bits per heavy atom. The second-order valence-electron chi connectivity index (χ2n) is 5.87. The quantitative estimate of drug-likeness (QED) is 0.861. The van der Waals surface area contributed by atoms with Crippen LogP contribution in [0.15, 0.2) is 24.3 Å². The van der Waals surface area contributed by atoms with Crippen LogP contribution in [-0.2, 0) is 0 Å². The van der Waals surface area contributed by atoms with Gasteiger partial charge >= 0.3 is 0 Å². The summed E-state index contributed by atoms with van der Waals surface area (Å²) < 4.78 is 0. The van der Waals surface area contributed by atoms with Crippen LogP contribution in [0.4, 0.5) is 5.69 Å². The molecule has 19 heavy (non-hydrogen) atoms. The summed E-state index contributed by atoms with van der Waals surface area (Å²) >= 11 is 0. The highest BCUT2D eigenvalue weighted by atomic mass is 16.3. The topological polar surface area (TPSA) is 23.5 Å². The van der Waals surface area contributed by atoms with Crippen molar-refractivity contribution in [1.29, 1.82) is 0 Å². The molecule has 0 heterocycles. The zero-order valence-electron chi connectivity index (χ0n) is 12.3. The van der Waals surface area contributed by atoms with Crippen molar-refractivity contribution >= 4 is 5.69 Å². The van der Waals surface area contributed by atoms with E-state index in [1.165, 1.54) is 37.8 Å². The number of anilines is 1. The number of para-hydroxylation sites is 1. The number of aliphatic hydroxyl groups excluding tert-OH is 1. The van der Waals surface area contributed by atoms with Gasteiger partial charge < -0.3 is 10.0 Å². The molecule has 1 aromatic rings. The van der Waals surface area contributed by atoms with Crippen LogP contribution in [0.2, 0.25) is 0 Å². The lowest BCUT2D eigenvalue weighted by atomic mass is 9.89. The van der Waals surface area contributed by atoms with Crippen molar-refractivity contribution in [2.75, 3.05) is 18.5 Å². The maximum Gasteiger partial charge on any atom is 0.0807 e. The van der Waals surface area contributed by atoms with Crippen LogP contribution in [0.3, 0.4) is 0 Å². The van der Waals surface area contributed by atoms with Gasteiger partial charge in [-0.15, -0.1) is 0 Å². The highest BCUT2D eigenvalue weighted by Crippen LogP contribution is 2.30. The van der Waals surface area contributed by atoms with Crippen molar-refractivity contribution in [3.8, 4) is 0 Å². The fraction of sp³-hybridized carbons (Fsp3) is 0.647. The molecule has 1 N–H and O–H groups in total. The van der Waals surface area contributed by atoms with E-state index in [0.29, 0.717) is 0 Å². The third kappa shape index (κ3) is 3.73. The largest absolute Gasteiger partial charge is 0.388 e. The minimum atomic E-state index is -0.343. The van der Waals surface area contributed by atoms with Crippen LogP contribution in [-0.4, -0.2) is 18.7 Å². The molecule has 2 rings (SSSR count). The molecule has 106 valence electrons. The average molecular weight is 261 g/mol. The summed E-state index contributed by atoms with van der Waals surface area (Å²) in [6.45, 7) is 3.15. The number of benzene rings is 1. The van der Waals surface area contributed by atoms with E-state index in [-0.39, 0.29) is 6.10 Å². The Labute approximate surface area is 117 Å². The van der Waals surface area contributed by atoms with Crippen LogP contribution < -0.4 is 4.90 Å². The van der Waals surface area contributed by atoms with Gasteiger partial charge in [0.2, 0.25) is 0 Å². The summed E-state index contributed by atoms with van der Waals surface area (Å²) in [4.78, 5) is 2.34. The second kappa shape index (κ2) is 6.95. The van der Waals surface area contributed by atoms with Gasteiger partial charge in [0.25, 0.3) is 0 Å². The van der Waals surface area contributed by atoms with Gasteiger partial charge in [-0.25, -0.2) is 0 Å². The predicted molar refractivity (Wildman–Crippen MR) is 81.5 cm³/mol. The molecular formula is C17H27NO. The summed E-state index contributed by atoms with van der Waals surface area (Å²) in [7, 11) is 2.16.